The molecule has 0 spiro atoms. The van der Waals surface area contributed by atoms with Gasteiger partial charge in [0.25, 0.3) is 0 Å². The van der Waals surface area contributed by atoms with Crippen molar-refractivity contribution in [1.82, 2.24) is 19.9 Å². The molecule has 0 aliphatic carbocycles. The number of nitrogen functional groups attached to an aromatic ring is 1. The Hall–Kier alpha value is -2.65. The third kappa shape index (κ3) is 4.67. The van der Waals surface area contributed by atoms with Crippen LogP contribution >= 0.6 is 11.8 Å². The van der Waals surface area contributed by atoms with Crippen LogP contribution < -0.4 is 16.0 Å². The molecule has 0 bridgehead atoms. The Bertz CT molecular complexity index is 1090. The Morgan fingerprint density at radius 1 is 1.19 bits per heavy atom. The number of anilines is 2. The van der Waals surface area contributed by atoms with Crippen LogP contribution in [-0.4, -0.2) is 50.9 Å². The molecule has 0 radical (unpaired) electrons. The standard InChI is InChI=1S/C22H30N6O2S/c1-22(2,3)13-24-7-10-28-14-5-6-25-20(23)19(14)26-21(28)31-18-12-17(30)16(29)11-15(18)27-8-4-9-27/h5-6,11-12,24,29-30H,4,7-10,13H2,1-3H3,(H2,23,25). The van der Waals surface area contributed by atoms with Crippen molar-refractivity contribution in [2.45, 2.75) is 43.8 Å². The molecule has 4 rings (SSSR count). The lowest BCUT2D eigenvalue weighted by atomic mass is 9.97. The molecular weight excluding hydrogens is 412 g/mol. The van der Waals surface area contributed by atoms with Crippen LogP contribution in [0.5, 0.6) is 11.5 Å². The van der Waals surface area contributed by atoms with Gasteiger partial charge in [-0.3, -0.25) is 0 Å². The summed E-state index contributed by atoms with van der Waals surface area (Å²) in [5, 5.41) is 24.5. The van der Waals surface area contributed by atoms with E-state index in [-0.39, 0.29) is 16.9 Å². The number of hydrogen-bond acceptors (Lipinski definition) is 8. The van der Waals surface area contributed by atoms with Gasteiger partial charge in [-0.15, -0.1) is 0 Å². The van der Waals surface area contributed by atoms with Crippen molar-refractivity contribution in [1.29, 1.82) is 0 Å². The molecule has 1 fully saturated rings. The van der Waals surface area contributed by atoms with Crippen LogP contribution in [-0.2, 0) is 6.54 Å². The highest BCUT2D eigenvalue weighted by Gasteiger charge is 2.23. The van der Waals surface area contributed by atoms with E-state index in [2.05, 4.69) is 40.5 Å². The number of aromatic nitrogens is 3. The first-order valence-corrected chi connectivity index (χ1v) is 11.3. The molecule has 1 aliphatic heterocycles. The number of fused-ring (bicyclic) bond motifs is 1. The van der Waals surface area contributed by atoms with E-state index in [1.807, 2.05) is 6.07 Å². The van der Waals surface area contributed by atoms with Crippen LogP contribution in [0.4, 0.5) is 11.5 Å². The fourth-order valence-electron chi connectivity index (χ4n) is 3.53. The Kier molecular flexibility index (Phi) is 5.90. The molecule has 3 aromatic rings. The van der Waals surface area contributed by atoms with E-state index in [0.717, 1.165) is 60.4 Å². The average Bonchev–Trinajstić information content (AvgIpc) is 2.99. The number of benzene rings is 1. The molecule has 9 heteroatoms. The van der Waals surface area contributed by atoms with Crippen molar-refractivity contribution in [2.75, 3.05) is 36.8 Å². The summed E-state index contributed by atoms with van der Waals surface area (Å²) >= 11 is 1.47. The van der Waals surface area contributed by atoms with Gasteiger partial charge < -0.3 is 30.7 Å². The second-order valence-electron chi connectivity index (χ2n) is 9.10. The zero-order valence-electron chi connectivity index (χ0n) is 18.2. The summed E-state index contributed by atoms with van der Waals surface area (Å²) in [6.45, 7) is 10.9. The predicted molar refractivity (Wildman–Crippen MR) is 125 cm³/mol. The summed E-state index contributed by atoms with van der Waals surface area (Å²) in [6.07, 6.45) is 2.82. The highest BCUT2D eigenvalue weighted by Crippen LogP contribution is 2.43. The number of phenolic OH excluding ortho intramolecular Hbond substituents is 2. The summed E-state index contributed by atoms with van der Waals surface area (Å²) in [5.41, 5.74) is 8.82. The second kappa shape index (κ2) is 8.47. The average molecular weight is 443 g/mol. The van der Waals surface area contributed by atoms with Crippen molar-refractivity contribution in [2.24, 2.45) is 5.41 Å². The summed E-state index contributed by atoms with van der Waals surface area (Å²) in [6, 6.07) is 5.17. The molecule has 1 saturated heterocycles. The highest BCUT2D eigenvalue weighted by molar-refractivity contribution is 7.99. The van der Waals surface area contributed by atoms with Crippen LogP contribution in [0.2, 0.25) is 0 Å². The first kappa shape index (κ1) is 21.6. The lowest BCUT2D eigenvalue weighted by Crippen LogP contribution is -2.37. The number of nitrogens with two attached hydrogens (primary N) is 1. The van der Waals surface area contributed by atoms with Crippen molar-refractivity contribution < 1.29 is 10.2 Å². The van der Waals surface area contributed by atoms with Crippen molar-refractivity contribution >= 4 is 34.3 Å². The third-order valence-corrected chi connectivity index (χ3v) is 6.32. The normalized spacial score (nSPS) is 14.2. The molecule has 166 valence electrons. The highest BCUT2D eigenvalue weighted by atomic mass is 32.2. The molecule has 0 unspecified atom stereocenters. The molecular formula is C22H30N6O2S. The second-order valence-corrected chi connectivity index (χ2v) is 10.1. The minimum absolute atomic E-state index is 0.112. The van der Waals surface area contributed by atoms with E-state index in [9.17, 15) is 10.2 Å². The van der Waals surface area contributed by atoms with E-state index in [1.165, 1.54) is 11.8 Å². The quantitative estimate of drug-likeness (QED) is 0.325. The maximum Gasteiger partial charge on any atom is 0.174 e. The molecule has 8 nitrogen and oxygen atoms in total. The number of nitrogens with one attached hydrogen (secondary N) is 1. The maximum atomic E-state index is 10.1. The maximum absolute atomic E-state index is 10.1. The predicted octanol–water partition coefficient (Wildman–Crippen LogP) is 3.42. The molecule has 1 aromatic carbocycles. The van der Waals surface area contributed by atoms with Gasteiger partial charge in [-0.05, 0) is 35.7 Å². The number of pyridine rings is 1. The lowest BCUT2D eigenvalue weighted by Gasteiger charge is -2.34. The van der Waals surface area contributed by atoms with Gasteiger partial charge in [0.1, 0.15) is 5.52 Å². The van der Waals surface area contributed by atoms with Gasteiger partial charge in [0.15, 0.2) is 22.5 Å². The Balaban J connectivity index is 1.67. The zero-order valence-corrected chi connectivity index (χ0v) is 19.0. The molecule has 2 aromatic heterocycles. The van der Waals surface area contributed by atoms with E-state index < -0.39 is 0 Å². The largest absolute Gasteiger partial charge is 0.504 e. The summed E-state index contributed by atoms with van der Waals surface area (Å²) in [5.74, 6) is 0.152. The van der Waals surface area contributed by atoms with E-state index in [0.29, 0.717) is 11.3 Å². The van der Waals surface area contributed by atoms with Gasteiger partial charge in [0, 0.05) is 49.9 Å². The smallest absolute Gasteiger partial charge is 0.174 e. The van der Waals surface area contributed by atoms with E-state index in [4.69, 9.17) is 10.7 Å². The van der Waals surface area contributed by atoms with Crippen molar-refractivity contribution in [3.05, 3.63) is 24.4 Å². The SMILES string of the molecule is CC(C)(C)CNCCn1c(Sc2cc(O)c(O)cc2N2CCC2)nc2c(N)nccc21. The molecule has 31 heavy (non-hydrogen) atoms. The van der Waals surface area contributed by atoms with Gasteiger partial charge in [-0.1, -0.05) is 20.8 Å². The van der Waals surface area contributed by atoms with Gasteiger partial charge in [0.2, 0.25) is 0 Å². The monoisotopic (exact) mass is 442 g/mol. The number of nitrogens with zero attached hydrogens (tertiary/aromatic N) is 4. The molecule has 1 aliphatic rings. The Labute approximate surface area is 186 Å². The van der Waals surface area contributed by atoms with Crippen LogP contribution in [0.15, 0.2) is 34.4 Å². The van der Waals surface area contributed by atoms with Gasteiger partial charge in [-0.25, -0.2) is 9.97 Å². The topological polar surface area (TPSA) is 112 Å². The lowest BCUT2D eigenvalue weighted by molar-refractivity contribution is 0.375. The summed E-state index contributed by atoms with van der Waals surface area (Å²) < 4.78 is 2.14. The van der Waals surface area contributed by atoms with Crippen LogP contribution in [0, 0.1) is 5.41 Å². The number of aromatic hydroxyl groups is 2. The number of phenols is 2. The minimum atomic E-state index is -0.137. The zero-order chi connectivity index (χ0) is 22.2. The molecule has 3 heterocycles. The molecule has 0 atom stereocenters. The van der Waals surface area contributed by atoms with E-state index in [1.54, 1.807) is 18.3 Å². The van der Waals surface area contributed by atoms with Crippen LogP contribution in [0.25, 0.3) is 11.0 Å². The van der Waals surface area contributed by atoms with Gasteiger partial charge in [-0.2, -0.15) is 0 Å². The fourth-order valence-corrected chi connectivity index (χ4v) is 4.63. The van der Waals surface area contributed by atoms with E-state index >= 15 is 0 Å². The Morgan fingerprint density at radius 3 is 2.61 bits per heavy atom. The van der Waals surface area contributed by atoms with Gasteiger partial charge >= 0.3 is 0 Å². The van der Waals surface area contributed by atoms with Crippen molar-refractivity contribution in [3.8, 4) is 11.5 Å². The third-order valence-electron chi connectivity index (χ3n) is 5.28. The Morgan fingerprint density at radius 2 is 1.94 bits per heavy atom. The summed E-state index contributed by atoms with van der Waals surface area (Å²) in [7, 11) is 0. The molecule has 5 N–H and O–H groups in total. The molecule has 0 saturated carbocycles. The van der Waals surface area contributed by atoms with Crippen molar-refractivity contribution in [3.63, 3.8) is 0 Å². The van der Waals surface area contributed by atoms with Gasteiger partial charge in [0.05, 0.1) is 11.2 Å². The summed E-state index contributed by atoms with van der Waals surface area (Å²) in [4.78, 5) is 12.0. The first-order valence-electron chi connectivity index (χ1n) is 10.5. The number of hydrogen-bond donors (Lipinski definition) is 4. The number of imidazole rings is 1. The first-order chi connectivity index (χ1) is 14.7. The molecule has 0 amide bonds. The minimum Gasteiger partial charge on any atom is -0.504 e. The van der Waals surface area contributed by atoms with Crippen LogP contribution in [0.1, 0.15) is 27.2 Å². The number of rotatable bonds is 7. The fraction of sp³-hybridized carbons (Fsp3) is 0.455. The van der Waals surface area contributed by atoms with Crippen LogP contribution in [0.3, 0.4) is 0 Å².